The Balaban J connectivity index is 2.16. The van der Waals surface area contributed by atoms with Gasteiger partial charge < -0.3 is 10.1 Å². The van der Waals surface area contributed by atoms with Gasteiger partial charge in [0.15, 0.2) is 5.75 Å². The predicted molar refractivity (Wildman–Crippen MR) is 81.8 cm³/mol. The van der Waals surface area contributed by atoms with Crippen LogP contribution in [0.3, 0.4) is 0 Å². The molecule has 0 atom stereocenters. The third-order valence-electron chi connectivity index (χ3n) is 3.02. The van der Waals surface area contributed by atoms with E-state index in [1.54, 1.807) is 24.5 Å². The summed E-state index contributed by atoms with van der Waals surface area (Å²) in [6.45, 7) is 4.74. The molecule has 6 nitrogen and oxygen atoms in total. The van der Waals surface area contributed by atoms with Crippen LogP contribution in [0.25, 0.3) is 0 Å². The molecule has 0 aliphatic heterocycles. The van der Waals surface area contributed by atoms with Gasteiger partial charge in [-0.2, -0.15) is 0 Å². The molecule has 0 aliphatic carbocycles. The van der Waals surface area contributed by atoms with Crippen molar-refractivity contribution >= 4 is 17.0 Å². The monoisotopic (exact) mass is 307 g/mol. The molecular weight excluding hydrogens is 290 g/mol. The number of hydrogen-bond donors (Lipinski definition) is 1. The van der Waals surface area contributed by atoms with Crippen molar-refractivity contribution in [2.45, 2.75) is 27.0 Å². The normalized spacial score (nSPS) is 10.6. The quantitative estimate of drug-likeness (QED) is 0.656. The third-order valence-corrected chi connectivity index (χ3v) is 4.07. The molecule has 1 aromatic heterocycles. The van der Waals surface area contributed by atoms with Crippen LogP contribution in [0, 0.1) is 24.0 Å². The van der Waals surface area contributed by atoms with E-state index in [1.165, 1.54) is 6.07 Å². The Morgan fingerprint density at radius 2 is 2.19 bits per heavy atom. The molecule has 1 N–H and O–H groups in total. The summed E-state index contributed by atoms with van der Waals surface area (Å²) in [4.78, 5) is 16.2. The lowest BCUT2D eigenvalue weighted by atomic mass is 10.2. The minimum atomic E-state index is -0.424. The van der Waals surface area contributed by atoms with Crippen LogP contribution in [-0.2, 0) is 13.2 Å². The zero-order chi connectivity index (χ0) is 15.4. The summed E-state index contributed by atoms with van der Waals surface area (Å²) < 4.78 is 5.57. The van der Waals surface area contributed by atoms with E-state index in [-0.39, 0.29) is 18.0 Å². The van der Waals surface area contributed by atoms with Gasteiger partial charge >= 0.3 is 5.69 Å². The Kier molecular flexibility index (Phi) is 4.87. The first-order chi connectivity index (χ1) is 10.0. The SMILES string of the molecule is CNCc1ccc(OCc2nc(C)c(C)s2)c([N+](=O)[O-])c1. The fourth-order valence-corrected chi connectivity index (χ4v) is 2.73. The summed E-state index contributed by atoms with van der Waals surface area (Å²) in [5.74, 6) is 0.269. The Morgan fingerprint density at radius 3 is 2.76 bits per heavy atom. The lowest BCUT2D eigenvalue weighted by Gasteiger charge is -2.07. The van der Waals surface area contributed by atoms with E-state index in [9.17, 15) is 10.1 Å². The molecule has 1 heterocycles. The lowest BCUT2D eigenvalue weighted by molar-refractivity contribution is -0.386. The van der Waals surface area contributed by atoms with Crippen molar-refractivity contribution in [1.29, 1.82) is 0 Å². The van der Waals surface area contributed by atoms with Crippen LogP contribution in [0.5, 0.6) is 5.75 Å². The number of aryl methyl sites for hydroxylation is 2. The molecule has 0 fully saturated rings. The Morgan fingerprint density at radius 1 is 1.43 bits per heavy atom. The van der Waals surface area contributed by atoms with Gasteiger partial charge in [0.05, 0.1) is 10.6 Å². The molecule has 2 rings (SSSR count). The molecular formula is C14H17N3O3S. The van der Waals surface area contributed by atoms with E-state index in [1.807, 2.05) is 19.9 Å². The van der Waals surface area contributed by atoms with Crippen LogP contribution in [-0.4, -0.2) is 17.0 Å². The summed E-state index contributed by atoms with van der Waals surface area (Å²) in [5.41, 5.74) is 1.79. The highest BCUT2D eigenvalue weighted by molar-refractivity contribution is 7.11. The number of nitro benzene ring substituents is 1. The highest BCUT2D eigenvalue weighted by atomic mass is 32.1. The van der Waals surface area contributed by atoms with E-state index >= 15 is 0 Å². The van der Waals surface area contributed by atoms with E-state index in [2.05, 4.69) is 10.3 Å². The number of benzene rings is 1. The van der Waals surface area contributed by atoms with Crippen LogP contribution in [0.2, 0.25) is 0 Å². The van der Waals surface area contributed by atoms with Gasteiger partial charge in [0.1, 0.15) is 11.6 Å². The van der Waals surface area contributed by atoms with E-state index in [4.69, 9.17) is 4.74 Å². The van der Waals surface area contributed by atoms with E-state index in [0.717, 1.165) is 21.1 Å². The van der Waals surface area contributed by atoms with Gasteiger partial charge in [0.25, 0.3) is 0 Å². The average Bonchev–Trinajstić information content (AvgIpc) is 2.76. The first-order valence-electron chi connectivity index (χ1n) is 6.49. The van der Waals surface area contributed by atoms with Crippen molar-refractivity contribution in [2.75, 3.05) is 7.05 Å². The molecule has 0 unspecified atom stereocenters. The number of nitrogens with zero attached hydrogens (tertiary/aromatic N) is 2. The summed E-state index contributed by atoms with van der Waals surface area (Å²) in [7, 11) is 1.80. The summed E-state index contributed by atoms with van der Waals surface area (Å²) in [5, 5.41) is 14.9. The molecule has 7 heteroatoms. The minimum absolute atomic E-state index is 0.0206. The largest absolute Gasteiger partial charge is 0.479 e. The Labute approximate surface area is 126 Å². The molecule has 0 amide bonds. The number of thiazole rings is 1. The van der Waals surface area contributed by atoms with Gasteiger partial charge in [-0.3, -0.25) is 10.1 Å². The standard InChI is InChI=1S/C14H17N3O3S/c1-9-10(2)21-14(16-9)8-20-13-5-4-11(7-15-3)6-12(13)17(18)19/h4-6,15H,7-8H2,1-3H3. The minimum Gasteiger partial charge on any atom is -0.479 e. The Hall–Kier alpha value is -1.99. The second kappa shape index (κ2) is 6.64. The number of nitrogens with one attached hydrogen (secondary N) is 1. The van der Waals surface area contributed by atoms with E-state index in [0.29, 0.717) is 6.54 Å². The van der Waals surface area contributed by atoms with Crippen LogP contribution < -0.4 is 10.1 Å². The van der Waals surface area contributed by atoms with Crippen molar-refractivity contribution in [3.8, 4) is 5.75 Å². The maximum atomic E-state index is 11.1. The van der Waals surface area contributed by atoms with Crippen LogP contribution in [0.1, 0.15) is 21.1 Å². The van der Waals surface area contributed by atoms with Crippen molar-refractivity contribution in [3.63, 3.8) is 0 Å². The number of rotatable bonds is 6. The molecule has 0 saturated carbocycles. The number of aromatic nitrogens is 1. The van der Waals surface area contributed by atoms with Gasteiger partial charge in [-0.15, -0.1) is 11.3 Å². The third kappa shape index (κ3) is 3.77. The predicted octanol–water partition coefficient (Wildman–Crippen LogP) is 2.97. The fourth-order valence-electron chi connectivity index (χ4n) is 1.88. The smallest absolute Gasteiger partial charge is 0.311 e. The fraction of sp³-hybridized carbons (Fsp3) is 0.357. The second-order valence-corrected chi connectivity index (χ2v) is 5.92. The van der Waals surface area contributed by atoms with E-state index < -0.39 is 4.92 Å². The molecule has 1 aromatic carbocycles. The van der Waals surface area contributed by atoms with Gasteiger partial charge in [0.2, 0.25) is 0 Å². The van der Waals surface area contributed by atoms with Gasteiger partial charge in [-0.25, -0.2) is 4.98 Å². The number of hydrogen-bond acceptors (Lipinski definition) is 6. The molecule has 0 bridgehead atoms. The van der Waals surface area contributed by atoms with Crippen molar-refractivity contribution in [1.82, 2.24) is 10.3 Å². The maximum Gasteiger partial charge on any atom is 0.311 e. The maximum absolute atomic E-state index is 11.1. The van der Waals surface area contributed by atoms with Crippen LogP contribution in [0.4, 0.5) is 5.69 Å². The highest BCUT2D eigenvalue weighted by Gasteiger charge is 2.16. The first kappa shape index (κ1) is 15.4. The van der Waals surface area contributed by atoms with Gasteiger partial charge in [-0.1, -0.05) is 6.07 Å². The molecule has 0 radical (unpaired) electrons. The molecule has 2 aromatic rings. The van der Waals surface area contributed by atoms with Gasteiger partial charge in [-0.05, 0) is 32.5 Å². The van der Waals surface area contributed by atoms with Crippen molar-refractivity contribution in [2.24, 2.45) is 0 Å². The first-order valence-corrected chi connectivity index (χ1v) is 7.30. The molecule has 21 heavy (non-hydrogen) atoms. The number of nitro groups is 1. The second-order valence-electron chi connectivity index (χ2n) is 4.63. The lowest BCUT2D eigenvalue weighted by Crippen LogP contribution is -2.06. The summed E-state index contributed by atoms with van der Waals surface area (Å²) >= 11 is 1.54. The number of ether oxygens (including phenoxy) is 1. The van der Waals surface area contributed by atoms with Crippen LogP contribution >= 0.6 is 11.3 Å². The van der Waals surface area contributed by atoms with Gasteiger partial charge in [0, 0.05) is 17.5 Å². The topological polar surface area (TPSA) is 77.3 Å². The zero-order valence-corrected chi connectivity index (χ0v) is 13.0. The molecule has 0 saturated heterocycles. The summed E-state index contributed by atoms with van der Waals surface area (Å²) in [6, 6.07) is 4.99. The molecule has 0 aliphatic rings. The Bertz CT molecular complexity index is 635. The van der Waals surface area contributed by atoms with Crippen molar-refractivity contribution < 1.29 is 9.66 Å². The van der Waals surface area contributed by atoms with Crippen LogP contribution in [0.15, 0.2) is 18.2 Å². The average molecular weight is 307 g/mol. The molecule has 112 valence electrons. The summed E-state index contributed by atoms with van der Waals surface area (Å²) in [6.07, 6.45) is 0. The zero-order valence-electron chi connectivity index (χ0n) is 12.2. The molecule has 0 spiro atoms. The highest BCUT2D eigenvalue weighted by Crippen LogP contribution is 2.29. The van der Waals surface area contributed by atoms with Crippen molar-refractivity contribution in [3.05, 3.63) is 49.5 Å².